The summed E-state index contributed by atoms with van der Waals surface area (Å²) >= 11 is 0. The van der Waals surface area contributed by atoms with Crippen molar-refractivity contribution >= 4 is 12.3 Å². The van der Waals surface area contributed by atoms with Gasteiger partial charge in [-0.1, -0.05) is 6.08 Å². The molecule has 2 heterocycles. The first-order valence-electron chi connectivity index (χ1n) is 10.7. The van der Waals surface area contributed by atoms with Gasteiger partial charge in [-0.15, -0.1) is 0 Å². The lowest BCUT2D eigenvalue weighted by Gasteiger charge is -2.32. The van der Waals surface area contributed by atoms with Crippen LogP contribution in [-0.4, -0.2) is 90.0 Å². The third-order valence-electron chi connectivity index (χ3n) is 5.34. The Balaban J connectivity index is 1.95. The van der Waals surface area contributed by atoms with Crippen molar-refractivity contribution in [3.05, 3.63) is 59.2 Å². The zero-order chi connectivity index (χ0) is 24.0. The minimum absolute atomic E-state index is 0.0678. The van der Waals surface area contributed by atoms with Crippen molar-refractivity contribution in [1.29, 1.82) is 0 Å². The van der Waals surface area contributed by atoms with E-state index in [-0.39, 0.29) is 48.7 Å². The summed E-state index contributed by atoms with van der Waals surface area (Å²) in [6.45, 7) is 0.435. The Bertz CT molecular complexity index is 913. The summed E-state index contributed by atoms with van der Waals surface area (Å²) in [6.07, 6.45) is 8.06. The van der Waals surface area contributed by atoms with Gasteiger partial charge < -0.3 is 40.3 Å². The molecule has 0 saturated heterocycles. The van der Waals surface area contributed by atoms with Gasteiger partial charge in [0, 0.05) is 40.0 Å². The van der Waals surface area contributed by atoms with Crippen LogP contribution in [0.3, 0.4) is 0 Å². The van der Waals surface area contributed by atoms with Crippen LogP contribution in [-0.2, 0) is 14.3 Å². The van der Waals surface area contributed by atoms with Crippen LogP contribution < -0.4 is 10.6 Å². The van der Waals surface area contributed by atoms with E-state index in [1.165, 1.54) is 22.9 Å². The topological polar surface area (TPSA) is 118 Å². The molecule has 0 radical (unpaired) electrons. The van der Waals surface area contributed by atoms with Crippen LogP contribution >= 0.6 is 0 Å². The molecule has 0 fully saturated rings. The zero-order valence-electron chi connectivity index (χ0n) is 18.7. The minimum Gasteiger partial charge on any atom is -0.508 e. The largest absolute Gasteiger partial charge is 0.508 e. The molecule has 33 heavy (non-hydrogen) atoms. The van der Waals surface area contributed by atoms with Gasteiger partial charge in [0.1, 0.15) is 23.1 Å². The number of dihydropyridines is 1. The Morgan fingerprint density at radius 2 is 2.21 bits per heavy atom. The van der Waals surface area contributed by atoms with Crippen LogP contribution in [0, 0.1) is 0 Å². The molecule has 4 N–H and O–H groups in total. The maximum Gasteiger partial charge on any atom is 0.273 e. The highest BCUT2D eigenvalue weighted by Crippen LogP contribution is 2.28. The third kappa shape index (κ3) is 5.93. The second-order valence-corrected chi connectivity index (χ2v) is 7.94. The van der Waals surface area contributed by atoms with E-state index in [4.69, 9.17) is 9.84 Å². The van der Waals surface area contributed by atoms with E-state index in [0.717, 1.165) is 0 Å². The number of hydrogen-bond donors (Lipinski definition) is 4. The number of carbonyl (C=O) groups is 2. The Morgan fingerprint density at radius 3 is 2.88 bits per heavy atom. The Hall–Kier alpha value is -3.31. The van der Waals surface area contributed by atoms with Crippen LogP contribution in [0.15, 0.2) is 59.2 Å². The molecule has 0 saturated carbocycles. The highest BCUT2D eigenvalue weighted by atomic mass is 19.1. The Kier molecular flexibility index (Phi) is 8.12. The Morgan fingerprint density at radius 1 is 1.42 bits per heavy atom. The molecule has 2 aliphatic heterocycles. The monoisotopic (exact) mass is 463 g/mol. The molecular weight excluding hydrogens is 433 g/mol. The normalized spacial score (nSPS) is 22.2. The highest BCUT2D eigenvalue weighted by Gasteiger charge is 2.40. The molecule has 2 unspecified atom stereocenters. The molecule has 11 heteroatoms. The second kappa shape index (κ2) is 11.0. The standard InChI is InChI=1S/C22H30FN5O5/c1-26(7-4-8-29)21(32)19-20(27(2)14-30)25-22(33-18-6-3-5-17(31)10-18)28(19)13-15-9-16(23)12-24-11-15/h3,5,9-11,14,18,22,24-25,29,31H,4,6-8,12-13H2,1-2H3. The van der Waals surface area contributed by atoms with Gasteiger partial charge in [-0.3, -0.25) is 9.59 Å². The lowest BCUT2D eigenvalue weighted by atomic mass is 10.1. The fraction of sp³-hybridized carbons (Fsp3) is 0.455. The summed E-state index contributed by atoms with van der Waals surface area (Å²) in [4.78, 5) is 29.3. The van der Waals surface area contributed by atoms with Crippen molar-refractivity contribution in [2.24, 2.45) is 0 Å². The van der Waals surface area contributed by atoms with E-state index in [1.807, 2.05) is 0 Å². The molecule has 0 bridgehead atoms. The molecule has 3 aliphatic rings. The van der Waals surface area contributed by atoms with Gasteiger partial charge in [-0.05, 0) is 36.6 Å². The number of nitrogens with one attached hydrogen (secondary N) is 2. The molecule has 2 amide bonds. The van der Waals surface area contributed by atoms with Crippen LogP contribution in [0.1, 0.15) is 12.8 Å². The van der Waals surface area contributed by atoms with Crippen molar-refractivity contribution in [1.82, 2.24) is 25.3 Å². The van der Waals surface area contributed by atoms with Gasteiger partial charge >= 0.3 is 0 Å². The van der Waals surface area contributed by atoms with E-state index in [9.17, 15) is 19.1 Å². The minimum atomic E-state index is -0.868. The Labute approximate surface area is 192 Å². The molecule has 0 spiro atoms. The number of nitrogens with zero attached hydrogens (tertiary/aromatic N) is 3. The lowest BCUT2D eigenvalue weighted by molar-refractivity contribution is -0.130. The molecule has 0 aromatic carbocycles. The smallest absolute Gasteiger partial charge is 0.273 e. The first-order valence-corrected chi connectivity index (χ1v) is 10.7. The first-order chi connectivity index (χ1) is 15.8. The number of halogens is 1. The van der Waals surface area contributed by atoms with Crippen molar-refractivity contribution in [2.75, 3.05) is 40.3 Å². The van der Waals surface area contributed by atoms with Gasteiger partial charge in [-0.25, -0.2) is 4.39 Å². The zero-order valence-corrected chi connectivity index (χ0v) is 18.7. The SMILES string of the molecule is CN(C=O)C1=C(C(=O)N(C)CCCO)N(CC2=CNCC(F)=C2)C(OC2C=C(O)C=CC2)N1. The molecular formula is C22H30FN5O5. The average Bonchev–Trinajstić information content (AvgIpc) is 3.14. The quantitative estimate of drug-likeness (QED) is 0.344. The van der Waals surface area contributed by atoms with Gasteiger partial charge in [0.05, 0.1) is 12.6 Å². The van der Waals surface area contributed by atoms with E-state index in [0.29, 0.717) is 31.4 Å². The maximum absolute atomic E-state index is 13.9. The van der Waals surface area contributed by atoms with Crippen LogP contribution in [0.4, 0.5) is 4.39 Å². The lowest BCUT2D eigenvalue weighted by Crippen LogP contribution is -2.45. The summed E-state index contributed by atoms with van der Waals surface area (Å²) in [7, 11) is 3.11. The van der Waals surface area contributed by atoms with E-state index in [1.54, 1.807) is 36.4 Å². The van der Waals surface area contributed by atoms with Crippen molar-refractivity contribution in [3.63, 3.8) is 0 Å². The predicted molar refractivity (Wildman–Crippen MR) is 118 cm³/mol. The summed E-state index contributed by atoms with van der Waals surface area (Å²) < 4.78 is 20.0. The average molecular weight is 464 g/mol. The fourth-order valence-electron chi connectivity index (χ4n) is 3.68. The van der Waals surface area contributed by atoms with Gasteiger partial charge in [0.25, 0.3) is 5.91 Å². The summed E-state index contributed by atoms with van der Waals surface area (Å²) in [5.74, 6) is -0.423. The van der Waals surface area contributed by atoms with Crippen LogP contribution in [0.5, 0.6) is 0 Å². The molecule has 0 aromatic heterocycles. The van der Waals surface area contributed by atoms with Gasteiger partial charge in [-0.2, -0.15) is 0 Å². The molecule has 3 rings (SSSR count). The van der Waals surface area contributed by atoms with Crippen LogP contribution in [0.2, 0.25) is 0 Å². The number of rotatable bonds is 10. The number of ether oxygens (including phenoxy) is 1. The number of hydrogen-bond acceptors (Lipinski definition) is 8. The number of likely N-dealkylation sites (N-methyl/N-ethyl adjacent to an activating group) is 1. The number of aliphatic hydroxyl groups is 2. The molecule has 0 aromatic rings. The van der Waals surface area contributed by atoms with Crippen molar-refractivity contribution in [3.8, 4) is 0 Å². The predicted octanol–water partition coefficient (Wildman–Crippen LogP) is 0.401. The number of allylic oxidation sites excluding steroid dienone is 1. The van der Waals surface area contributed by atoms with E-state index >= 15 is 0 Å². The maximum atomic E-state index is 13.9. The molecule has 10 nitrogen and oxygen atoms in total. The molecule has 2 atom stereocenters. The second-order valence-electron chi connectivity index (χ2n) is 7.94. The van der Waals surface area contributed by atoms with Gasteiger partial charge in [0.2, 0.25) is 12.8 Å². The number of amides is 2. The van der Waals surface area contributed by atoms with Crippen molar-refractivity contribution in [2.45, 2.75) is 25.3 Å². The molecule has 1 aliphatic carbocycles. The number of carbonyl (C=O) groups excluding carboxylic acids is 2. The third-order valence-corrected chi connectivity index (χ3v) is 5.34. The molecule has 180 valence electrons. The van der Waals surface area contributed by atoms with Gasteiger partial charge in [0.15, 0.2) is 0 Å². The highest BCUT2D eigenvalue weighted by molar-refractivity contribution is 5.94. The van der Waals surface area contributed by atoms with Crippen molar-refractivity contribution < 1.29 is 28.9 Å². The number of aliphatic hydroxyl groups excluding tert-OH is 2. The summed E-state index contributed by atoms with van der Waals surface area (Å²) in [5, 5.41) is 24.9. The fourth-order valence-corrected chi connectivity index (χ4v) is 3.68. The first kappa shape index (κ1) is 24.3. The summed E-state index contributed by atoms with van der Waals surface area (Å²) in [5.41, 5.74) is 0.754. The summed E-state index contributed by atoms with van der Waals surface area (Å²) in [6, 6.07) is 0. The van der Waals surface area contributed by atoms with E-state index < -0.39 is 12.5 Å². The van der Waals surface area contributed by atoms with E-state index in [2.05, 4.69) is 10.6 Å². The van der Waals surface area contributed by atoms with Crippen LogP contribution in [0.25, 0.3) is 0 Å².